The molecule has 0 aliphatic rings. The molecule has 61 heavy (non-hydrogen) atoms. The highest BCUT2D eigenvalue weighted by Crippen LogP contribution is 2.47. The van der Waals surface area contributed by atoms with E-state index >= 15 is 0 Å². The zero-order chi connectivity index (χ0) is 41.3. The Bertz CT molecular complexity index is 1810. The number of hydrogen-bond acceptors (Lipinski definition) is 8. The third kappa shape index (κ3) is 21.3. The summed E-state index contributed by atoms with van der Waals surface area (Å²) in [7, 11) is -0.409. The molecule has 0 aliphatic heterocycles. The van der Waals surface area contributed by atoms with Gasteiger partial charge in [-0.15, -0.1) is 0 Å². The molecule has 1 unspecified atom stereocenters. The van der Waals surface area contributed by atoms with E-state index in [0.717, 1.165) is 86.3 Å². The number of carbonyl (C=O) groups is 1. The molecule has 0 N–H and O–H groups in total. The van der Waals surface area contributed by atoms with Crippen molar-refractivity contribution < 1.29 is 32.8 Å². The average molecular weight is 860 g/mol. The predicted molar refractivity (Wildman–Crippen MR) is 260 cm³/mol. The number of benzene rings is 4. The molecule has 4 rings (SSSR count). The third-order valence-electron chi connectivity index (χ3n) is 9.80. The van der Waals surface area contributed by atoms with Crippen LogP contribution in [-0.4, -0.2) is 52.7 Å². The molecule has 8 nitrogen and oxygen atoms in total. The summed E-state index contributed by atoms with van der Waals surface area (Å²) in [6.07, 6.45) is 14.6. The second-order valence-corrected chi connectivity index (χ2v) is 17.2. The van der Waals surface area contributed by atoms with Gasteiger partial charge in [-0.2, -0.15) is 0 Å². The van der Waals surface area contributed by atoms with Gasteiger partial charge < -0.3 is 28.0 Å². The van der Waals surface area contributed by atoms with Crippen LogP contribution in [0.5, 0.6) is 23.0 Å². The number of carbonyl (C=O) groups excluding carboxylic acids is 1. The summed E-state index contributed by atoms with van der Waals surface area (Å²) in [6, 6.07) is 32.2. The highest BCUT2D eigenvalue weighted by molar-refractivity contribution is 7.55. The van der Waals surface area contributed by atoms with Gasteiger partial charge in [-0.3, -0.25) is 4.74 Å². The maximum absolute atomic E-state index is 11.7. The fourth-order valence-electron chi connectivity index (χ4n) is 6.15. The van der Waals surface area contributed by atoms with E-state index in [2.05, 4.69) is 54.6 Å². The largest absolute Gasteiger partial charge is 0.494 e. The van der Waals surface area contributed by atoms with Gasteiger partial charge in [0.1, 0.15) is 23.0 Å². The molecule has 0 fully saturated rings. The maximum Gasteiger partial charge on any atom is 0.338 e. The van der Waals surface area contributed by atoms with Gasteiger partial charge in [0.15, 0.2) is 0 Å². The SMILES string of the molecule is C.C.C.C=C(C)C(=O)Oc1ccc(-c2ccc(OCCCCCCOP(C)(=NC)OCCCCCOc3ccc(-c4ccc(OCCCCCCCC)cc4)cc3)cc2)cc1. The molecular formula is C52H78NO7P. The Hall–Kier alpha value is -4.36. The lowest BCUT2D eigenvalue weighted by atomic mass is 10.1. The van der Waals surface area contributed by atoms with Crippen LogP contribution in [0.1, 0.15) is 120 Å². The quantitative estimate of drug-likeness (QED) is 0.0177. The van der Waals surface area contributed by atoms with Crippen molar-refractivity contribution in [3.05, 3.63) is 109 Å². The maximum atomic E-state index is 11.7. The van der Waals surface area contributed by atoms with E-state index in [-0.39, 0.29) is 22.3 Å². The van der Waals surface area contributed by atoms with Crippen molar-refractivity contribution in [1.29, 1.82) is 0 Å². The van der Waals surface area contributed by atoms with Crippen molar-refractivity contribution >= 4 is 13.5 Å². The molecule has 0 heterocycles. The Morgan fingerprint density at radius 2 is 0.787 bits per heavy atom. The minimum atomic E-state index is -2.20. The van der Waals surface area contributed by atoms with E-state index < -0.39 is 13.5 Å². The third-order valence-corrected chi connectivity index (χ3v) is 11.8. The lowest BCUT2D eigenvalue weighted by molar-refractivity contribution is -0.130. The average Bonchev–Trinajstić information content (AvgIpc) is 3.25. The molecule has 0 amide bonds. The number of hydrogen-bond donors (Lipinski definition) is 0. The zero-order valence-corrected chi connectivity index (χ0v) is 36.3. The molecule has 4 aromatic carbocycles. The summed E-state index contributed by atoms with van der Waals surface area (Å²) >= 11 is 0. The summed E-state index contributed by atoms with van der Waals surface area (Å²) in [5.41, 5.74) is 4.80. The van der Waals surface area contributed by atoms with Crippen LogP contribution < -0.4 is 18.9 Å². The molecule has 0 radical (unpaired) electrons. The molecule has 1 atom stereocenters. The van der Waals surface area contributed by atoms with Crippen LogP contribution in [-0.2, 0) is 13.8 Å². The van der Waals surface area contributed by atoms with E-state index in [1.165, 1.54) is 43.2 Å². The van der Waals surface area contributed by atoms with Crippen LogP contribution in [0.3, 0.4) is 0 Å². The Morgan fingerprint density at radius 1 is 0.492 bits per heavy atom. The van der Waals surface area contributed by atoms with Crippen molar-refractivity contribution in [3.8, 4) is 45.3 Å². The van der Waals surface area contributed by atoms with Gasteiger partial charge in [-0.25, -0.2) is 4.79 Å². The van der Waals surface area contributed by atoms with Gasteiger partial charge in [-0.1, -0.05) is 123 Å². The van der Waals surface area contributed by atoms with E-state index in [9.17, 15) is 4.79 Å². The lowest BCUT2D eigenvalue weighted by Crippen LogP contribution is -2.07. The van der Waals surface area contributed by atoms with E-state index in [0.29, 0.717) is 37.8 Å². The van der Waals surface area contributed by atoms with Crippen LogP contribution in [0.15, 0.2) is 114 Å². The second kappa shape index (κ2) is 31.5. The van der Waals surface area contributed by atoms with E-state index in [4.69, 9.17) is 28.0 Å². The topological polar surface area (TPSA) is 84.8 Å². The zero-order valence-electron chi connectivity index (χ0n) is 35.4. The summed E-state index contributed by atoms with van der Waals surface area (Å²) in [6.45, 7) is 12.9. The van der Waals surface area contributed by atoms with Gasteiger partial charge in [0.05, 0.1) is 33.0 Å². The number of ether oxygens (including phenoxy) is 4. The molecule has 0 aromatic heterocycles. The van der Waals surface area contributed by atoms with E-state index in [1.54, 1.807) is 26.1 Å². The smallest absolute Gasteiger partial charge is 0.338 e. The highest BCUT2D eigenvalue weighted by Gasteiger charge is 2.13. The van der Waals surface area contributed by atoms with Crippen molar-refractivity contribution in [2.24, 2.45) is 4.74 Å². The van der Waals surface area contributed by atoms with Gasteiger partial charge in [0.25, 0.3) is 0 Å². The molecule has 9 heteroatoms. The molecular weight excluding hydrogens is 782 g/mol. The fourth-order valence-corrected chi connectivity index (χ4v) is 7.39. The number of rotatable bonds is 29. The molecule has 4 aromatic rings. The molecule has 0 spiro atoms. The van der Waals surface area contributed by atoms with Crippen molar-refractivity contribution in [3.63, 3.8) is 0 Å². The van der Waals surface area contributed by atoms with Gasteiger partial charge in [-0.05, 0) is 123 Å². The molecule has 0 saturated heterocycles. The Labute approximate surface area is 370 Å². The van der Waals surface area contributed by atoms with Gasteiger partial charge >= 0.3 is 5.97 Å². The molecule has 0 bridgehead atoms. The second-order valence-electron chi connectivity index (χ2n) is 14.7. The van der Waals surface area contributed by atoms with Crippen molar-refractivity contribution in [2.45, 2.75) is 120 Å². The first-order chi connectivity index (χ1) is 28.3. The molecule has 0 saturated carbocycles. The summed E-state index contributed by atoms with van der Waals surface area (Å²) < 4.78 is 39.9. The monoisotopic (exact) mass is 860 g/mol. The van der Waals surface area contributed by atoms with Crippen molar-refractivity contribution in [1.82, 2.24) is 0 Å². The number of nitrogens with zero attached hydrogens (tertiary/aromatic N) is 1. The minimum absolute atomic E-state index is 0. The molecule has 338 valence electrons. The number of esters is 1. The predicted octanol–water partition coefficient (Wildman–Crippen LogP) is 15.7. The minimum Gasteiger partial charge on any atom is -0.494 e. The standard InChI is InChI=1S/C49H66NO7P.3CH4/c1-6-7-8-9-10-14-35-52-45-27-19-41(20-28-45)42-21-29-47(30-22-42)54-37-16-13-18-39-56-58(5,50-4)55-38-17-12-11-15-36-53-46-31-23-43(24-32-46)44-25-33-48(34-26-44)57-49(51)40(2)3;;;/h19-34H,2,6-18,35-39H2,1,3-5H3;3*1H4. The van der Waals surface area contributed by atoms with Crippen LogP contribution in [0.25, 0.3) is 22.3 Å². The summed E-state index contributed by atoms with van der Waals surface area (Å²) in [5, 5.41) is 0. The van der Waals surface area contributed by atoms with Crippen LogP contribution >= 0.6 is 7.51 Å². The first-order valence-electron chi connectivity index (χ1n) is 21.2. The Kier molecular flexibility index (Phi) is 28.2. The van der Waals surface area contributed by atoms with E-state index in [1.807, 2.05) is 55.2 Å². The van der Waals surface area contributed by atoms with Crippen LogP contribution in [0, 0.1) is 0 Å². The summed E-state index contributed by atoms with van der Waals surface area (Å²) in [4.78, 5) is 11.7. The Balaban J connectivity index is 0.00000620. The van der Waals surface area contributed by atoms with Crippen LogP contribution in [0.2, 0.25) is 0 Å². The lowest BCUT2D eigenvalue weighted by Gasteiger charge is -2.19. The normalized spacial score (nSPS) is 11.5. The highest BCUT2D eigenvalue weighted by atomic mass is 31.2. The van der Waals surface area contributed by atoms with Crippen molar-refractivity contribution in [2.75, 3.05) is 46.7 Å². The van der Waals surface area contributed by atoms with Crippen LogP contribution in [0.4, 0.5) is 0 Å². The first kappa shape index (κ1) is 54.7. The first-order valence-corrected chi connectivity index (χ1v) is 23.2. The number of unbranched alkanes of at least 4 members (excludes halogenated alkanes) is 10. The summed E-state index contributed by atoms with van der Waals surface area (Å²) in [5.74, 6) is 2.75. The van der Waals surface area contributed by atoms with Gasteiger partial charge in [0.2, 0.25) is 7.51 Å². The van der Waals surface area contributed by atoms with Gasteiger partial charge in [0, 0.05) is 19.3 Å². The Morgan fingerprint density at radius 3 is 1.11 bits per heavy atom. The fraction of sp³-hybridized carbons (Fsp3) is 0.481. The molecule has 0 aliphatic carbocycles.